The van der Waals surface area contributed by atoms with Crippen LogP contribution in [0.25, 0.3) is 0 Å². The second-order valence-corrected chi connectivity index (χ2v) is 7.91. The number of nitrogens with zero attached hydrogens (tertiary/aromatic N) is 2. The average molecular weight is 461 g/mol. The number of thiazole rings is 1. The Balaban J connectivity index is 0.000000423. The molecule has 3 heterocycles. The van der Waals surface area contributed by atoms with Gasteiger partial charge in [-0.15, -0.1) is 11.3 Å². The molecule has 1 aliphatic heterocycles. The molecule has 0 aromatic carbocycles. The molecule has 0 spiro atoms. The van der Waals surface area contributed by atoms with Crippen molar-refractivity contribution in [2.24, 2.45) is 5.73 Å². The standard InChI is InChI=1S/C16H21N5O2S.C2HF3O2/c1-9-14(24-13(6-17)19-9)16(23)18-7-10-5-11-8-21(2)4-3-12(11)20-15(10)22;3-2(4,5)1(6)7/h5H,3-4,6-8,17H2,1-2H3,(H,18,23)(H,20,22);(H,6,7). The Morgan fingerprint density at radius 1 is 1.42 bits per heavy atom. The van der Waals surface area contributed by atoms with Crippen LogP contribution in [0.4, 0.5) is 13.2 Å². The lowest BCUT2D eigenvalue weighted by Gasteiger charge is -2.24. The molecule has 0 bridgehead atoms. The van der Waals surface area contributed by atoms with Crippen LogP contribution >= 0.6 is 11.3 Å². The largest absolute Gasteiger partial charge is 0.490 e. The molecule has 0 unspecified atom stereocenters. The predicted octanol–water partition coefficient (Wildman–Crippen LogP) is 1.15. The van der Waals surface area contributed by atoms with Gasteiger partial charge >= 0.3 is 12.1 Å². The molecule has 9 nitrogen and oxygen atoms in total. The van der Waals surface area contributed by atoms with E-state index in [4.69, 9.17) is 15.6 Å². The summed E-state index contributed by atoms with van der Waals surface area (Å²) in [6.07, 6.45) is -4.24. The molecule has 5 N–H and O–H groups in total. The van der Waals surface area contributed by atoms with Gasteiger partial charge in [0, 0.05) is 43.9 Å². The smallest absolute Gasteiger partial charge is 0.475 e. The zero-order chi connectivity index (χ0) is 23.3. The maximum Gasteiger partial charge on any atom is 0.490 e. The molecular formula is C18H22F3N5O4S. The highest BCUT2D eigenvalue weighted by Crippen LogP contribution is 2.18. The summed E-state index contributed by atoms with van der Waals surface area (Å²) in [6, 6.07) is 1.90. The molecule has 1 aliphatic rings. The van der Waals surface area contributed by atoms with E-state index in [1.807, 2.05) is 6.07 Å². The second-order valence-electron chi connectivity index (χ2n) is 6.83. The van der Waals surface area contributed by atoms with Crippen molar-refractivity contribution in [3.63, 3.8) is 0 Å². The lowest BCUT2D eigenvalue weighted by molar-refractivity contribution is -0.192. The van der Waals surface area contributed by atoms with E-state index in [1.165, 1.54) is 11.3 Å². The van der Waals surface area contributed by atoms with Crippen LogP contribution in [0.3, 0.4) is 0 Å². The maximum atomic E-state index is 12.3. The summed E-state index contributed by atoms with van der Waals surface area (Å²) < 4.78 is 31.7. The molecule has 1 amide bonds. The fourth-order valence-electron chi connectivity index (χ4n) is 2.83. The van der Waals surface area contributed by atoms with Crippen LogP contribution in [0.5, 0.6) is 0 Å². The first-order valence-corrected chi connectivity index (χ1v) is 9.91. The number of carboxylic acid groups (broad SMARTS) is 1. The Kier molecular flexibility index (Phi) is 7.92. The van der Waals surface area contributed by atoms with Crippen LogP contribution in [0.1, 0.15) is 37.2 Å². The third-order valence-electron chi connectivity index (χ3n) is 4.38. The first-order valence-electron chi connectivity index (χ1n) is 9.09. The highest BCUT2D eigenvalue weighted by molar-refractivity contribution is 7.13. The topological polar surface area (TPSA) is 141 Å². The number of aromatic amines is 1. The number of alkyl halides is 3. The Bertz CT molecular complexity index is 1020. The summed E-state index contributed by atoms with van der Waals surface area (Å²) in [6.45, 7) is 4.04. The third kappa shape index (κ3) is 6.60. The van der Waals surface area contributed by atoms with Crippen molar-refractivity contribution in [3.8, 4) is 0 Å². The maximum absolute atomic E-state index is 12.3. The second kappa shape index (κ2) is 10.0. The minimum atomic E-state index is -5.08. The van der Waals surface area contributed by atoms with Gasteiger partial charge in [0.2, 0.25) is 0 Å². The number of aromatic nitrogens is 2. The Morgan fingerprint density at radius 2 is 2.06 bits per heavy atom. The lowest BCUT2D eigenvalue weighted by Crippen LogP contribution is -2.32. The first kappa shape index (κ1) is 24.5. The monoisotopic (exact) mass is 461 g/mol. The minimum Gasteiger partial charge on any atom is -0.475 e. The van der Waals surface area contributed by atoms with E-state index in [2.05, 4.69) is 27.2 Å². The van der Waals surface area contributed by atoms with Gasteiger partial charge in [0.05, 0.1) is 5.69 Å². The van der Waals surface area contributed by atoms with Gasteiger partial charge in [0.1, 0.15) is 9.88 Å². The quantitative estimate of drug-likeness (QED) is 0.535. The number of amides is 1. The molecule has 0 fully saturated rings. The highest BCUT2D eigenvalue weighted by Gasteiger charge is 2.38. The van der Waals surface area contributed by atoms with Gasteiger partial charge in [-0.3, -0.25) is 9.59 Å². The minimum absolute atomic E-state index is 0.137. The SMILES string of the molecule is Cc1nc(CN)sc1C(=O)NCc1cc2c([nH]c1=O)CCN(C)C2.O=C(O)C(F)(F)F. The number of carboxylic acids is 1. The molecule has 170 valence electrons. The van der Waals surface area contributed by atoms with E-state index in [-0.39, 0.29) is 18.0 Å². The molecule has 2 aromatic rings. The Morgan fingerprint density at radius 3 is 2.61 bits per heavy atom. The van der Waals surface area contributed by atoms with E-state index < -0.39 is 12.1 Å². The molecular weight excluding hydrogens is 439 g/mol. The normalized spacial score (nSPS) is 13.7. The molecule has 31 heavy (non-hydrogen) atoms. The van der Waals surface area contributed by atoms with Gasteiger partial charge in [-0.05, 0) is 25.6 Å². The number of hydrogen-bond acceptors (Lipinski definition) is 7. The number of fused-ring (bicyclic) bond motifs is 1. The lowest BCUT2D eigenvalue weighted by atomic mass is 10.0. The summed E-state index contributed by atoms with van der Waals surface area (Å²) in [5, 5.41) is 10.7. The number of likely N-dealkylation sites (N-methyl/N-ethyl adjacent to an activating group) is 1. The fraction of sp³-hybridized carbons (Fsp3) is 0.444. The van der Waals surface area contributed by atoms with Crippen molar-refractivity contribution in [1.82, 2.24) is 20.2 Å². The fourth-order valence-corrected chi connectivity index (χ4v) is 3.69. The number of nitrogens with two attached hydrogens (primary N) is 1. The highest BCUT2D eigenvalue weighted by atomic mass is 32.1. The van der Waals surface area contributed by atoms with Gasteiger partial charge in [-0.25, -0.2) is 9.78 Å². The summed E-state index contributed by atoms with van der Waals surface area (Å²) >= 11 is 1.29. The van der Waals surface area contributed by atoms with Crippen molar-refractivity contribution in [3.05, 3.63) is 48.8 Å². The van der Waals surface area contributed by atoms with E-state index in [0.29, 0.717) is 22.7 Å². The summed E-state index contributed by atoms with van der Waals surface area (Å²) in [5.74, 6) is -2.98. The van der Waals surface area contributed by atoms with Crippen LogP contribution in [-0.4, -0.2) is 51.6 Å². The van der Waals surface area contributed by atoms with Crippen LogP contribution in [0.15, 0.2) is 10.9 Å². The van der Waals surface area contributed by atoms with Crippen molar-refractivity contribution < 1.29 is 27.9 Å². The Labute approximate surface area is 179 Å². The predicted molar refractivity (Wildman–Crippen MR) is 107 cm³/mol. The van der Waals surface area contributed by atoms with Crippen molar-refractivity contribution in [2.45, 2.75) is 39.2 Å². The summed E-state index contributed by atoms with van der Waals surface area (Å²) in [4.78, 5) is 43.4. The van der Waals surface area contributed by atoms with Crippen LogP contribution in [0, 0.1) is 6.92 Å². The number of pyridine rings is 1. The van der Waals surface area contributed by atoms with Gasteiger partial charge in [0.15, 0.2) is 0 Å². The zero-order valence-corrected chi connectivity index (χ0v) is 17.6. The van der Waals surface area contributed by atoms with Crippen LogP contribution < -0.4 is 16.6 Å². The summed E-state index contributed by atoms with van der Waals surface area (Å²) in [5.41, 5.74) is 8.77. The molecule has 0 radical (unpaired) electrons. The van der Waals surface area contributed by atoms with E-state index >= 15 is 0 Å². The molecule has 3 rings (SSSR count). The number of rotatable bonds is 4. The number of carbonyl (C=O) groups excluding carboxylic acids is 1. The number of hydrogen-bond donors (Lipinski definition) is 4. The van der Waals surface area contributed by atoms with E-state index in [9.17, 15) is 22.8 Å². The van der Waals surface area contributed by atoms with Crippen LogP contribution in [0.2, 0.25) is 0 Å². The molecule has 2 aromatic heterocycles. The molecule has 0 saturated heterocycles. The van der Waals surface area contributed by atoms with Gasteiger partial charge < -0.3 is 26.0 Å². The zero-order valence-electron chi connectivity index (χ0n) is 16.8. The number of nitrogens with one attached hydrogen (secondary N) is 2. The molecule has 0 aliphatic carbocycles. The van der Waals surface area contributed by atoms with Gasteiger partial charge in [0.25, 0.3) is 11.5 Å². The number of H-pyrrole nitrogens is 1. The molecule has 13 heteroatoms. The van der Waals surface area contributed by atoms with Gasteiger partial charge in [-0.1, -0.05) is 0 Å². The van der Waals surface area contributed by atoms with Crippen molar-refractivity contribution in [1.29, 1.82) is 0 Å². The number of aliphatic carboxylic acids is 1. The van der Waals surface area contributed by atoms with Crippen molar-refractivity contribution in [2.75, 3.05) is 13.6 Å². The Hall–Kier alpha value is -2.77. The number of halogens is 3. The molecule has 0 saturated carbocycles. The molecule has 0 atom stereocenters. The third-order valence-corrected chi connectivity index (χ3v) is 5.56. The van der Waals surface area contributed by atoms with Gasteiger partial charge in [-0.2, -0.15) is 13.2 Å². The van der Waals surface area contributed by atoms with E-state index in [0.717, 1.165) is 35.8 Å². The van der Waals surface area contributed by atoms with Crippen LogP contribution in [-0.2, 0) is 30.8 Å². The average Bonchev–Trinajstić information content (AvgIpc) is 3.07. The number of carbonyl (C=O) groups is 2. The summed E-state index contributed by atoms with van der Waals surface area (Å²) in [7, 11) is 2.05. The van der Waals surface area contributed by atoms with Crippen molar-refractivity contribution >= 4 is 23.2 Å². The van der Waals surface area contributed by atoms with E-state index in [1.54, 1.807) is 6.92 Å². The first-order chi connectivity index (χ1) is 14.4. The number of aryl methyl sites for hydroxylation is 1.